The summed E-state index contributed by atoms with van der Waals surface area (Å²) in [6.07, 6.45) is 5.20. The molecule has 23 heavy (non-hydrogen) atoms. The average Bonchev–Trinajstić information content (AvgIpc) is 2.59. The molecule has 0 N–H and O–H groups in total. The molecule has 1 atom stereocenters. The van der Waals surface area contributed by atoms with Gasteiger partial charge in [0, 0.05) is 26.2 Å². The zero-order valence-corrected chi connectivity index (χ0v) is 14.4. The van der Waals surface area contributed by atoms with Gasteiger partial charge in [-0.25, -0.2) is 0 Å². The lowest BCUT2D eigenvalue weighted by Gasteiger charge is -2.34. The highest BCUT2D eigenvalue weighted by molar-refractivity contribution is 5.81. The first-order chi connectivity index (χ1) is 11.2. The van der Waals surface area contributed by atoms with Gasteiger partial charge in [-0.05, 0) is 62.4 Å². The van der Waals surface area contributed by atoms with Crippen molar-refractivity contribution in [2.45, 2.75) is 45.1 Å². The van der Waals surface area contributed by atoms with Gasteiger partial charge in [0.15, 0.2) is 6.10 Å². The van der Waals surface area contributed by atoms with E-state index in [1.807, 2.05) is 17.9 Å². The Morgan fingerprint density at radius 2 is 1.83 bits per heavy atom. The Labute approximate surface area is 139 Å². The molecule has 1 fully saturated rings. The minimum atomic E-state index is -0.361. The van der Waals surface area contributed by atoms with Crippen LogP contribution in [0.25, 0.3) is 0 Å². The number of fused-ring (bicyclic) bond motifs is 1. The first kappa shape index (κ1) is 16.3. The molecule has 0 saturated carbocycles. The van der Waals surface area contributed by atoms with Crippen molar-refractivity contribution in [1.82, 2.24) is 9.80 Å². The van der Waals surface area contributed by atoms with Crippen molar-refractivity contribution in [2.75, 3.05) is 33.2 Å². The van der Waals surface area contributed by atoms with E-state index in [1.165, 1.54) is 30.4 Å². The van der Waals surface area contributed by atoms with E-state index in [-0.39, 0.29) is 12.0 Å². The van der Waals surface area contributed by atoms with E-state index in [1.54, 1.807) is 0 Å². The van der Waals surface area contributed by atoms with Crippen LogP contribution in [0.3, 0.4) is 0 Å². The summed E-state index contributed by atoms with van der Waals surface area (Å²) in [6.45, 7) is 5.53. The van der Waals surface area contributed by atoms with Crippen LogP contribution in [0.5, 0.6) is 5.75 Å². The molecule has 1 aliphatic heterocycles. The molecule has 1 aromatic rings. The Kier molecular flexibility index (Phi) is 5.21. The predicted octanol–water partition coefficient (Wildman–Crippen LogP) is 2.50. The maximum atomic E-state index is 12.7. The Bertz CT molecular complexity index is 550. The van der Waals surface area contributed by atoms with Crippen molar-refractivity contribution < 1.29 is 9.53 Å². The fraction of sp³-hybridized carbons (Fsp3) is 0.632. The van der Waals surface area contributed by atoms with Gasteiger partial charge in [-0.2, -0.15) is 0 Å². The number of hydrogen-bond donors (Lipinski definition) is 0. The fourth-order valence-electron chi connectivity index (χ4n) is 3.49. The summed E-state index contributed by atoms with van der Waals surface area (Å²) in [6, 6.07) is 6.36. The zero-order valence-electron chi connectivity index (χ0n) is 14.4. The summed E-state index contributed by atoms with van der Waals surface area (Å²) in [5.41, 5.74) is 2.85. The molecule has 0 aromatic heterocycles. The zero-order chi connectivity index (χ0) is 16.2. The number of amides is 1. The summed E-state index contributed by atoms with van der Waals surface area (Å²) in [4.78, 5) is 16.9. The number of carbonyl (C=O) groups is 1. The van der Waals surface area contributed by atoms with Crippen LogP contribution in [-0.4, -0.2) is 55.0 Å². The number of likely N-dealkylation sites (N-methyl/N-ethyl adjacent to an activating group) is 1. The van der Waals surface area contributed by atoms with Gasteiger partial charge in [0.1, 0.15) is 5.75 Å². The highest BCUT2D eigenvalue weighted by atomic mass is 16.5. The van der Waals surface area contributed by atoms with Crippen LogP contribution in [0.2, 0.25) is 0 Å². The molecule has 0 bridgehead atoms. The van der Waals surface area contributed by atoms with E-state index in [2.05, 4.69) is 24.1 Å². The molecule has 1 saturated heterocycles. The smallest absolute Gasteiger partial charge is 0.263 e. The molecule has 126 valence electrons. The normalized spacial score (nSPS) is 20.0. The van der Waals surface area contributed by atoms with Crippen LogP contribution in [0.1, 0.15) is 37.3 Å². The lowest BCUT2D eigenvalue weighted by Crippen LogP contribution is -2.51. The monoisotopic (exact) mass is 316 g/mol. The maximum Gasteiger partial charge on any atom is 0.263 e. The van der Waals surface area contributed by atoms with Crippen LogP contribution in [0, 0.1) is 0 Å². The highest BCUT2D eigenvalue weighted by Crippen LogP contribution is 2.26. The number of aryl methyl sites for hydroxylation is 2. The Morgan fingerprint density at radius 1 is 1.13 bits per heavy atom. The van der Waals surface area contributed by atoms with Gasteiger partial charge in [-0.1, -0.05) is 13.0 Å². The number of nitrogens with zero attached hydrogens (tertiary/aromatic N) is 2. The Hall–Kier alpha value is -1.55. The van der Waals surface area contributed by atoms with E-state index in [9.17, 15) is 4.79 Å². The number of rotatable bonds is 4. The second-order valence-electron chi connectivity index (χ2n) is 6.78. The molecule has 4 nitrogen and oxygen atoms in total. The first-order valence-corrected chi connectivity index (χ1v) is 8.93. The third kappa shape index (κ3) is 3.86. The summed E-state index contributed by atoms with van der Waals surface area (Å²) in [7, 11) is 2.10. The fourth-order valence-corrected chi connectivity index (χ4v) is 3.49. The van der Waals surface area contributed by atoms with Gasteiger partial charge in [-0.15, -0.1) is 0 Å². The third-order valence-corrected chi connectivity index (χ3v) is 5.06. The topological polar surface area (TPSA) is 32.8 Å². The molecule has 1 aromatic carbocycles. The molecular weight excluding hydrogens is 288 g/mol. The van der Waals surface area contributed by atoms with Gasteiger partial charge < -0.3 is 14.5 Å². The number of hydrogen-bond acceptors (Lipinski definition) is 3. The maximum absolute atomic E-state index is 12.7. The standard InChI is InChI=1S/C19H28N2O2/c1-3-18(19(22)21-12-10-20(2)11-13-21)23-17-9-8-15-6-4-5-7-16(15)14-17/h8-9,14,18H,3-7,10-13H2,1-2H3. The van der Waals surface area contributed by atoms with Gasteiger partial charge >= 0.3 is 0 Å². The van der Waals surface area contributed by atoms with Crippen molar-refractivity contribution in [2.24, 2.45) is 0 Å². The van der Waals surface area contributed by atoms with Crippen LogP contribution in [0.15, 0.2) is 18.2 Å². The van der Waals surface area contributed by atoms with E-state index >= 15 is 0 Å². The predicted molar refractivity (Wildman–Crippen MR) is 91.9 cm³/mol. The molecule has 1 heterocycles. The molecular formula is C19H28N2O2. The number of ether oxygens (including phenoxy) is 1. The van der Waals surface area contributed by atoms with Crippen LogP contribution in [-0.2, 0) is 17.6 Å². The van der Waals surface area contributed by atoms with E-state index in [0.717, 1.165) is 38.3 Å². The second-order valence-corrected chi connectivity index (χ2v) is 6.78. The molecule has 1 amide bonds. The minimum absolute atomic E-state index is 0.137. The first-order valence-electron chi connectivity index (χ1n) is 8.93. The molecule has 2 aliphatic rings. The average molecular weight is 316 g/mol. The summed E-state index contributed by atoms with van der Waals surface area (Å²) in [5, 5.41) is 0. The second kappa shape index (κ2) is 7.35. The van der Waals surface area contributed by atoms with E-state index in [4.69, 9.17) is 4.74 Å². The van der Waals surface area contributed by atoms with Crippen molar-refractivity contribution in [3.8, 4) is 5.75 Å². The summed E-state index contributed by atoms with van der Waals surface area (Å²) < 4.78 is 6.07. The molecule has 1 unspecified atom stereocenters. The molecule has 0 spiro atoms. The lowest BCUT2D eigenvalue weighted by atomic mass is 9.92. The van der Waals surface area contributed by atoms with Crippen molar-refractivity contribution in [3.63, 3.8) is 0 Å². The highest BCUT2D eigenvalue weighted by Gasteiger charge is 2.27. The minimum Gasteiger partial charge on any atom is -0.481 e. The number of benzene rings is 1. The largest absolute Gasteiger partial charge is 0.481 e. The van der Waals surface area contributed by atoms with Gasteiger partial charge in [0.05, 0.1) is 0 Å². The summed E-state index contributed by atoms with van der Waals surface area (Å²) in [5.74, 6) is 0.985. The molecule has 1 aliphatic carbocycles. The van der Waals surface area contributed by atoms with E-state index in [0.29, 0.717) is 6.42 Å². The third-order valence-electron chi connectivity index (χ3n) is 5.06. The number of piperazine rings is 1. The SMILES string of the molecule is CCC(Oc1ccc2c(c1)CCCC2)C(=O)N1CCN(C)CC1. The molecule has 4 heteroatoms. The number of carbonyl (C=O) groups excluding carboxylic acids is 1. The van der Waals surface area contributed by atoms with Crippen LogP contribution < -0.4 is 4.74 Å². The molecule has 0 radical (unpaired) electrons. The van der Waals surface area contributed by atoms with Crippen LogP contribution >= 0.6 is 0 Å². The quantitative estimate of drug-likeness (QED) is 0.855. The van der Waals surface area contributed by atoms with Crippen molar-refractivity contribution in [1.29, 1.82) is 0 Å². The molecule has 3 rings (SSSR count). The van der Waals surface area contributed by atoms with Crippen molar-refractivity contribution >= 4 is 5.91 Å². The van der Waals surface area contributed by atoms with Gasteiger partial charge in [-0.3, -0.25) is 4.79 Å². The van der Waals surface area contributed by atoms with Crippen molar-refractivity contribution in [3.05, 3.63) is 29.3 Å². The summed E-state index contributed by atoms with van der Waals surface area (Å²) >= 11 is 0. The van der Waals surface area contributed by atoms with Gasteiger partial charge in [0.2, 0.25) is 0 Å². The van der Waals surface area contributed by atoms with Crippen LogP contribution in [0.4, 0.5) is 0 Å². The lowest BCUT2D eigenvalue weighted by molar-refractivity contribution is -0.140. The Morgan fingerprint density at radius 3 is 2.52 bits per heavy atom. The van der Waals surface area contributed by atoms with Gasteiger partial charge in [0.25, 0.3) is 5.91 Å². The van der Waals surface area contributed by atoms with E-state index < -0.39 is 0 Å². The Balaban J connectivity index is 1.65.